The minimum atomic E-state index is 0.0284. The van der Waals surface area contributed by atoms with Crippen LogP contribution in [0.5, 0.6) is 0 Å². The molecule has 0 saturated heterocycles. The Morgan fingerprint density at radius 3 is 2.76 bits per heavy atom. The van der Waals surface area contributed by atoms with Gasteiger partial charge in [-0.1, -0.05) is 30.3 Å². The van der Waals surface area contributed by atoms with Crippen molar-refractivity contribution in [3.05, 3.63) is 77.4 Å². The molecule has 0 bridgehead atoms. The van der Waals surface area contributed by atoms with E-state index in [-0.39, 0.29) is 12.1 Å². The first-order valence-corrected chi connectivity index (χ1v) is 11.7. The van der Waals surface area contributed by atoms with Crippen LogP contribution in [0.25, 0.3) is 22.4 Å². The van der Waals surface area contributed by atoms with Gasteiger partial charge in [0.05, 0.1) is 17.6 Å². The van der Waals surface area contributed by atoms with Gasteiger partial charge in [0.2, 0.25) is 0 Å². The lowest BCUT2D eigenvalue weighted by atomic mass is 9.96. The second kappa shape index (κ2) is 7.99. The van der Waals surface area contributed by atoms with Crippen LogP contribution in [-0.4, -0.2) is 38.7 Å². The number of nitrogens with one attached hydrogen (secondary N) is 2. The average Bonchev–Trinajstić information content (AvgIpc) is 3.55. The van der Waals surface area contributed by atoms with Gasteiger partial charge in [-0.2, -0.15) is 0 Å². The third-order valence-electron chi connectivity index (χ3n) is 7.31. The molecule has 1 fully saturated rings. The summed E-state index contributed by atoms with van der Waals surface area (Å²) >= 11 is 0. The van der Waals surface area contributed by atoms with Crippen molar-refractivity contribution >= 4 is 22.4 Å². The van der Waals surface area contributed by atoms with Crippen LogP contribution in [0.3, 0.4) is 0 Å². The van der Waals surface area contributed by atoms with E-state index in [1.165, 1.54) is 11.1 Å². The van der Waals surface area contributed by atoms with E-state index < -0.39 is 0 Å². The zero-order valence-corrected chi connectivity index (χ0v) is 18.6. The van der Waals surface area contributed by atoms with Crippen molar-refractivity contribution in [2.45, 2.75) is 37.9 Å². The molecule has 0 atom stereocenters. The molecule has 0 unspecified atom stereocenters. The summed E-state index contributed by atoms with van der Waals surface area (Å²) in [6, 6.07) is 20.9. The first kappa shape index (κ1) is 20.4. The standard InChI is InChI=1S/C27H29N5O/c28-15-18-8-9-20(14-22(18)26-30-24-5-1-2-6-25(24)31-26)29-23-7-3-4-19-16-32(13-10-21(19)23)27(17-33)11-12-27/h1-9,14,29,33H,10-13,15-17,28H2,(H,30,31). The van der Waals surface area contributed by atoms with Crippen LogP contribution in [0, 0.1) is 0 Å². The van der Waals surface area contributed by atoms with Gasteiger partial charge in [-0.15, -0.1) is 0 Å². The summed E-state index contributed by atoms with van der Waals surface area (Å²) in [4.78, 5) is 10.7. The van der Waals surface area contributed by atoms with E-state index in [0.29, 0.717) is 6.54 Å². The highest BCUT2D eigenvalue weighted by atomic mass is 16.3. The molecule has 0 radical (unpaired) electrons. The van der Waals surface area contributed by atoms with Gasteiger partial charge >= 0.3 is 0 Å². The molecule has 1 aliphatic heterocycles. The molecule has 0 amide bonds. The molecule has 6 heteroatoms. The molecule has 5 N–H and O–H groups in total. The molecule has 3 aromatic carbocycles. The number of para-hydroxylation sites is 2. The zero-order chi connectivity index (χ0) is 22.4. The van der Waals surface area contributed by atoms with Gasteiger partial charge < -0.3 is 21.1 Å². The van der Waals surface area contributed by atoms with Crippen molar-refractivity contribution < 1.29 is 5.11 Å². The molecule has 6 nitrogen and oxygen atoms in total. The number of H-pyrrole nitrogens is 1. The Balaban J connectivity index is 1.31. The second-order valence-electron chi connectivity index (χ2n) is 9.30. The number of nitrogens with zero attached hydrogens (tertiary/aromatic N) is 2. The third-order valence-corrected chi connectivity index (χ3v) is 7.31. The molecular weight excluding hydrogens is 410 g/mol. The first-order chi connectivity index (χ1) is 16.2. The van der Waals surface area contributed by atoms with Crippen molar-refractivity contribution in [3.63, 3.8) is 0 Å². The molecule has 6 rings (SSSR count). The van der Waals surface area contributed by atoms with Crippen LogP contribution in [0.2, 0.25) is 0 Å². The number of benzene rings is 3. The van der Waals surface area contributed by atoms with E-state index in [1.54, 1.807) is 0 Å². The molecule has 1 aliphatic carbocycles. The molecule has 0 spiro atoms. The van der Waals surface area contributed by atoms with Crippen molar-refractivity contribution in [2.75, 3.05) is 18.5 Å². The molecule has 33 heavy (non-hydrogen) atoms. The maximum absolute atomic E-state index is 9.84. The fourth-order valence-corrected chi connectivity index (χ4v) is 5.14. The minimum absolute atomic E-state index is 0.0284. The summed E-state index contributed by atoms with van der Waals surface area (Å²) < 4.78 is 0. The van der Waals surface area contributed by atoms with Crippen molar-refractivity contribution in [1.82, 2.24) is 14.9 Å². The summed E-state index contributed by atoms with van der Waals surface area (Å²) in [6.45, 7) is 2.61. The number of anilines is 2. The van der Waals surface area contributed by atoms with Gasteiger partial charge in [-0.25, -0.2) is 4.98 Å². The van der Waals surface area contributed by atoms with Crippen LogP contribution in [0.1, 0.15) is 29.5 Å². The van der Waals surface area contributed by atoms with Gasteiger partial charge in [0.25, 0.3) is 0 Å². The highest BCUT2D eigenvalue weighted by molar-refractivity contribution is 5.81. The predicted molar refractivity (Wildman–Crippen MR) is 132 cm³/mol. The van der Waals surface area contributed by atoms with Gasteiger partial charge in [0, 0.05) is 42.1 Å². The number of aromatic nitrogens is 2. The van der Waals surface area contributed by atoms with Crippen LogP contribution < -0.4 is 11.1 Å². The van der Waals surface area contributed by atoms with Crippen molar-refractivity contribution in [1.29, 1.82) is 0 Å². The number of aromatic amines is 1. The average molecular weight is 440 g/mol. The first-order valence-electron chi connectivity index (χ1n) is 11.7. The molecular formula is C27H29N5O. The molecule has 2 heterocycles. The van der Waals surface area contributed by atoms with Gasteiger partial charge in [0.15, 0.2) is 0 Å². The van der Waals surface area contributed by atoms with E-state index in [0.717, 1.165) is 71.7 Å². The van der Waals surface area contributed by atoms with Crippen LogP contribution in [0.4, 0.5) is 11.4 Å². The Kier molecular flexibility index (Phi) is 4.94. The number of hydrogen-bond donors (Lipinski definition) is 4. The summed E-state index contributed by atoms with van der Waals surface area (Å²) in [5, 5.41) is 13.5. The Morgan fingerprint density at radius 2 is 1.97 bits per heavy atom. The number of imidazole rings is 1. The molecule has 2 aliphatic rings. The van der Waals surface area contributed by atoms with Crippen LogP contribution in [0.15, 0.2) is 60.7 Å². The van der Waals surface area contributed by atoms with Crippen molar-refractivity contribution in [3.8, 4) is 11.4 Å². The number of rotatable bonds is 6. The second-order valence-corrected chi connectivity index (χ2v) is 9.30. The van der Waals surface area contributed by atoms with E-state index >= 15 is 0 Å². The topological polar surface area (TPSA) is 90.2 Å². The Bertz CT molecular complexity index is 1290. The summed E-state index contributed by atoms with van der Waals surface area (Å²) in [5.41, 5.74) is 15.0. The smallest absolute Gasteiger partial charge is 0.138 e. The molecule has 4 aromatic rings. The fourth-order valence-electron chi connectivity index (χ4n) is 5.14. The highest BCUT2D eigenvalue weighted by Gasteiger charge is 2.48. The fraction of sp³-hybridized carbons (Fsp3) is 0.296. The van der Waals surface area contributed by atoms with E-state index in [2.05, 4.69) is 51.6 Å². The van der Waals surface area contributed by atoms with Gasteiger partial charge in [-0.05, 0) is 66.3 Å². The summed E-state index contributed by atoms with van der Waals surface area (Å²) in [6.07, 6.45) is 3.20. The number of aliphatic hydroxyl groups excluding tert-OH is 1. The Labute approximate surface area is 193 Å². The predicted octanol–water partition coefficient (Wildman–Crippen LogP) is 4.32. The van der Waals surface area contributed by atoms with Crippen LogP contribution in [-0.2, 0) is 19.5 Å². The molecule has 168 valence electrons. The lowest BCUT2D eigenvalue weighted by Gasteiger charge is -2.35. The highest BCUT2D eigenvalue weighted by Crippen LogP contribution is 2.44. The third kappa shape index (κ3) is 3.60. The quantitative estimate of drug-likeness (QED) is 0.359. The number of fused-ring (bicyclic) bond motifs is 2. The maximum atomic E-state index is 9.84. The summed E-state index contributed by atoms with van der Waals surface area (Å²) in [5.74, 6) is 0.838. The molecule has 1 aromatic heterocycles. The largest absolute Gasteiger partial charge is 0.394 e. The number of nitrogens with two attached hydrogens (primary N) is 1. The number of hydrogen-bond acceptors (Lipinski definition) is 5. The Morgan fingerprint density at radius 1 is 1.09 bits per heavy atom. The zero-order valence-electron chi connectivity index (χ0n) is 18.6. The summed E-state index contributed by atoms with van der Waals surface area (Å²) in [7, 11) is 0. The minimum Gasteiger partial charge on any atom is -0.394 e. The Hall–Kier alpha value is -3.19. The normalized spacial score (nSPS) is 17.2. The monoisotopic (exact) mass is 439 g/mol. The van der Waals surface area contributed by atoms with E-state index in [4.69, 9.17) is 10.7 Å². The lowest BCUT2D eigenvalue weighted by Crippen LogP contribution is -2.43. The molecule has 1 saturated carbocycles. The maximum Gasteiger partial charge on any atom is 0.138 e. The van der Waals surface area contributed by atoms with Gasteiger partial charge in [-0.3, -0.25) is 4.90 Å². The van der Waals surface area contributed by atoms with Crippen LogP contribution >= 0.6 is 0 Å². The van der Waals surface area contributed by atoms with E-state index in [1.807, 2.05) is 24.3 Å². The van der Waals surface area contributed by atoms with E-state index in [9.17, 15) is 5.11 Å². The van der Waals surface area contributed by atoms with Gasteiger partial charge in [0.1, 0.15) is 5.82 Å². The lowest BCUT2D eigenvalue weighted by molar-refractivity contribution is 0.0935. The number of aliphatic hydroxyl groups is 1. The SMILES string of the molecule is NCc1ccc(Nc2cccc3c2CCN(C2(CO)CC2)C3)cc1-c1nc2ccccc2[nH]1. The van der Waals surface area contributed by atoms with Crippen molar-refractivity contribution in [2.24, 2.45) is 5.73 Å².